The lowest BCUT2D eigenvalue weighted by molar-refractivity contribution is 0.514. The van der Waals surface area contributed by atoms with Crippen LogP contribution in [0, 0.1) is 0 Å². The molecule has 0 radical (unpaired) electrons. The summed E-state index contributed by atoms with van der Waals surface area (Å²) in [7, 11) is 0. The molecular formula is C11H19N7S. The molecule has 0 fully saturated rings. The van der Waals surface area contributed by atoms with Crippen LogP contribution in [-0.4, -0.2) is 29.5 Å². The van der Waals surface area contributed by atoms with Crippen LogP contribution in [0.2, 0.25) is 0 Å². The molecule has 0 aliphatic carbocycles. The quantitative estimate of drug-likeness (QED) is 0.801. The Labute approximate surface area is 116 Å². The van der Waals surface area contributed by atoms with Gasteiger partial charge in [0, 0.05) is 12.6 Å². The largest absolute Gasteiger partial charge is 0.324 e. The van der Waals surface area contributed by atoms with Crippen LogP contribution in [0.15, 0.2) is 11.5 Å². The lowest BCUT2D eigenvalue weighted by Gasteiger charge is -2.09. The summed E-state index contributed by atoms with van der Waals surface area (Å²) in [5.41, 5.74) is 5.64. The molecule has 2 heterocycles. The SMILES string of the molecule is CCn1c(CN)nnc1SCc1ncnn1C(C)C. The average Bonchev–Trinajstić information content (AvgIpc) is 3.01. The van der Waals surface area contributed by atoms with Gasteiger partial charge in [0.1, 0.15) is 18.0 Å². The minimum atomic E-state index is 0.307. The zero-order valence-electron chi connectivity index (χ0n) is 11.4. The van der Waals surface area contributed by atoms with E-state index >= 15 is 0 Å². The van der Waals surface area contributed by atoms with Gasteiger partial charge in [-0.2, -0.15) is 5.10 Å². The van der Waals surface area contributed by atoms with E-state index in [-0.39, 0.29) is 0 Å². The highest BCUT2D eigenvalue weighted by Crippen LogP contribution is 2.21. The maximum absolute atomic E-state index is 5.64. The standard InChI is InChI=1S/C11H19N7S/c1-4-17-9(5-12)15-16-11(17)19-6-10-13-7-14-18(10)8(2)3/h7-8H,4-6,12H2,1-3H3. The number of aromatic nitrogens is 6. The average molecular weight is 281 g/mol. The Hall–Kier alpha value is -1.41. The molecule has 0 spiro atoms. The lowest BCUT2D eigenvalue weighted by atomic mass is 10.4. The van der Waals surface area contributed by atoms with Crippen molar-refractivity contribution >= 4 is 11.8 Å². The summed E-state index contributed by atoms with van der Waals surface area (Å²) in [5.74, 6) is 2.48. The summed E-state index contributed by atoms with van der Waals surface area (Å²) >= 11 is 1.61. The molecule has 0 aliphatic rings. The third-order valence-corrected chi connectivity index (χ3v) is 3.72. The van der Waals surface area contributed by atoms with Crippen LogP contribution in [0.25, 0.3) is 0 Å². The van der Waals surface area contributed by atoms with Gasteiger partial charge in [-0.15, -0.1) is 10.2 Å². The van der Waals surface area contributed by atoms with Gasteiger partial charge in [-0.05, 0) is 20.8 Å². The van der Waals surface area contributed by atoms with Crippen molar-refractivity contribution < 1.29 is 0 Å². The fourth-order valence-corrected chi connectivity index (χ4v) is 2.79. The monoisotopic (exact) mass is 281 g/mol. The van der Waals surface area contributed by atoms with Crippen molar-refractivity contribution in [2.24, 2.45) is 5.73 Å². The molecule has 2 aromatic heterocycles. The number of hydrogen-bond acceptors (Lipinski definition) is 6. The van der Waals surface area contributed by atoms with E-state index in [0.29, 0.717) is 12.6 Å². The van der Waals surface area contributed by atoms with Crippen LogP contribution in [-0.2, 0) is 18.8 Å². The third kappa shape index (κ3) is 2.95. The molecule has 0 saturated heterocycles. The molecule has 2 N–H and O–H groups in total. The highest BCUT2D eigenvalue weighted by molar-refractivity contribution is 7.98. The molecular weight excluding hydrogens is 262 g/mol. The first-order valence-electron chi connectivity index (χ1n) is 6.30. The number of rotatable bonds is 6. The van der Waals surface area contributed by atoms with Crippen molar-refractivity contribution in [3.63, 3.8) is 0 Å². The highest BCUT2D eigenvalue weighted by Gasteiger charge is 2.13. The summed E-state index contributed by atoms with van der Waals surface area (Å²) < 4.78 is 3.95. The Balaban J connectivity index is 2.10. The summed E-state index contributed by atoms with van der Waals surface area (Å²) in [4.78, 5) is 4.28. The molecule has 7 nitrogen and oxygen atoms in total. The Morgan fingerprint density at radius 2 is 2.11 bits per heavy atom. The Bertz CT molecular complexity index is 531. The van der Waals surface area contributed by atoms with E-state index < -0.39 is 0 Å². The molecule has 0 bridgehead atoms. The van der Waals surface area contributed by atoms with Gasteiger partial charge in [-0.25, -0.2) is 9.67 Å². The second-order valence-electron chi connectivity index (χ2n) is 4.35. The number of thioether (sulfide) groups is 1. The Morgan fingerprint density at radius 3 is 2.74 bits per heavy atom. The van der Waals surface area contributed by atoms with Crippen molar-refractivity contribution in [3.8, 4) is 0 Å². The normalized spacial score (nSPS) is 11.4. The van der Waals surface area contributed by atoms with Gasteiger partial charge >= 0.3 is 0 Å². The van der Waals surface area contributed by atoms with E-state index in [1.165, 1.54) is 0 Å². The van der Waals surface area contributed by atoms with Crippen LogP contribution in [0.1, 0.15) is 38.5 Å². The van der Waals surface area contributed by atoms with Crippen molar-refractivity contribution in [1.82, 2.24) is 29.5 Å². The van der Waals surface area contributed by atoms with Gasteiger partial charge in [0.2, 0.25) is 0 Å². The highest BCUT2D eigenvalue weighted by atomic mass is 32.2. The van der Waals surface area contributed by atoms with Gasteiger partial charge in [0.05, 0.1) is 12.3 Å². The molecule has 19 heavy (non-hydrogen) atoms. The second kappa shape index (κ2) is 6.16. The molecule has 0 amide bonds. The van der Waals surface area contributed by atoms with Gasteiger partial charge in [-0.1, -0.05) is 11.8 Å². The van der Waals surface area contributed by atoms with E-state index in [9.17, 15) is 0 Å². The van der Waals surface area contributed by atoms with Gasteiger partial charge in [-0.3, -0.25) is 0 Å². The molecule has 0 unspecified atom stereocenters. The summed E-state index contributed by atoms with van der Waals surface area (Å²) in [6.07, 6.45) is 1.59. The maximum atomic E-state index is 5.64. The van der Waals surface area contributed by atoms with Gasteiger partial charge < -0.3 is 10.3 Å². The predicted molar refractivity (Wildman–Crippen MR) is 73.6 cm³/mol. The van der Waals surface area contributed by atoms with Crippen LogP contribution in [0.4, 0.5) is 0 Å². The van der Waals surface area contributed by atoms with Gasteiger partial charge in [0.25, 0.3) is 0 Å². The van der Waals surface area contributed by atoms with E-state index in [4.69, 9.17) is 5.73 Å². The van der Waals surface area contributed by atoms with E-state index in [2.05, 4.69) is 41.1 Å². The number of nitrogens with zero attached hydrogens (tertiary/aromatic N) is 6. The van der Waals surface area contributed by atoms with E-state index in [0.717, 1.165) is 29.1 Å². The second-order valence-corrected chi connectivity index (χ2v) is 5.29. The smallest absolute Gasteiger partial charge is 0.191 e. The first kappa shape index (κ1) is 14.0. The zero-order valence-corrected chi connectivity index (χ0v) is 12.3. The number of hydrogen-bond donors (Lipinski definition) is 1. The minimum Gasteiger partial charge on any atom is -0.324 e. The first-order chi connectivity index (χ1) is 9.17. The molecule has 0 aliphatic heterocycles. The van der Waals surface area contributed by atoms with Crippen molar-refractivity contribution in [2.45, 2.75) is 50.8 Å². The minimum absolute atomic E-state index is 0.307. The molecule has 0 aromatic carbocycles. The van der Waals surface area contributed by atoms with E-state index in [1.807, 2.05) is 9.25 Å². The first-order valence-corrected chi connectivity index (χ1v) is 7.29. The summed E-state index contributed by atoms with van der Waals surface area (Å²) in [5, 5.41) is 13.4. The Kier molecular flexibility index (Phi) is 4.54. The third-order valence-electron chi connectivity index (χ3n) is 2.76. The molecule has 104 valence electrons. The van der Waals surface area contributed by atoms with Crippen LogP contribution in [0.5, 0.6) is 0 Å². The lowest BCUT2D eigenvalue weighted by Crippen LogP contribution is -2.09. The van der Waals surface area contributed by atoms with Crippen LogP contribution >= 0.6 is 11.8 Å². The zero-order chi connectivity index (χ0) is 13.8. The fraction of sp³-hybridized carbons (Fsp3) is 0.636. The van der Waals surface area contributed by atoms with Crippen LogP contribution in [0.3, 0.4) is 0 Å². The molecule has 8 heteroatoms. The van der Waals surface area contributed by atoms with Gasteiger partial charge in [0.15, 0.2) is 5.16 Å². The molecule has 0 saturated carbocycles. The predicted octanol–water partition coefficient (Wildman–Crippen LogP) is 1.22. The van der Waals surface area contributed by atoms with Crippen LogP contribution < -0.4 is 5.73 Å². The Morgan fingerprint density at radius 1 is 1.32 bits per heavy atom. The van der Waals surface area contributed by atoms with Crippen molar-refractivity contribution in [2.75, 3.05) is 0 Å². The topological polar surface area (TPSA) is 87.4 Å². The fourth-order valence-electron chi connectivity index (χ4n) is 1.83. The summed E-state index contributed by atoms with van der Waals surface area (Å²) in [6, 6.07) is 0.307. The van der Waals surface area contributed by atoms with Crippen molar-refractivity contribution in [1.29, 1.82) is 0 Å². The molecule has 0 atom stereocenters. The number of nitrogens with two attached hydrogens (primary N) is 1. The molecule has 2 rings (SSSR count). The molecule has 2 aromatic rings. The maximum Gasteiger partial charge on any atom is 0.191 e. The van der Waals surface area contributed by atoms with E-state index in [1.54, 1.807) is 18.1 Å². The summed E-state index contributed by atoms with van der Waals surface area (Å²) in [6.45, 7) is 7.46. The van der Waals surface area contributed by atoms with Crippen molar-refractivity contribution in [3.05, 3.63) is 18.0 Å².